The van der Waals surface area contributed by atoms with E-state index in [-0.39, 0.29) is 0 Å². The highest BCUT2D eigenvalue weighted by Crippen LogP contribution is 2.36. The maximum absolute atomic E-state index is 5.64. The Balaban J connectivity index is 2.63. The molecule has 0 fully saturated rings. The fourth-order valence-corrected chi connectivity index (χ4v) is 2.57. The van der Waals surface area contributed by atoms with Gasteiger partial charge in [0.05, 0.1) is 19.7 Å². The third-order valence-corrected chi connectivity index (χ3v) is 3.63. The lowest BCUT2D eigenvalue weighted by Crippen LogP contribution is -2.00. The molecule has 0 spiro atoms. The highest BCUT2D eigenvalue weighted by atomic mass is 16.5. The van der Waals surface area contributed by atoms with Crippen LogP contribution >= 0.6 is 0 Å². The van der Waals surface area contributed by atoms with E-state index in [0.29, 0.717) is 12.6 Å². The maximum Gasteiger partial charge on any atom is 0.162 e. The molecule has 1 heterocycles. The van der Waals surface area contributed by atoms with Gasteiger partial charge in [-0.15, -0.1) is 0 Å². The second-order valence-electron chi connectivity index (χ2n) is 5.27. The zero-order chi connectivity index (χ0) is 14.7. The summed E-state index contributed by atoms with van der Waals surface area (Å²) < 4.78 is 13.1. The van der Waals surface area contributed by atoms with Crippen molar-refractivity contribution in [1.82, 2.24) is 4.57 Å². The molecular weight excluding hydrogens is 252 g/mol. The third kappa shape index (κ3) is 2.61. The van der Waals surface area contributed by atoms with Gasteiger partial charge in [-0.05, 0) is 44.9 Å². The van der Waals surface area contributed by atoms with Crippen LogP contribution in [0.1, 0.15) is 31.9 Å². The van der Waals surface area contributed by atoms with E-state index in [0.717, 1.165) is 24.3 Å². The number of ether oxygens (including phenoxy) is 2. The Morgan fingerprint density at radius 2 is 1.80 bits per heavy atom. The van der Waals surface area contributed by atoms with Crippen LogP contribution in [0.5, 0.6) is 11.5 Å². The predicted molar refractivity (Wildman–Crippen MR) is 82.8 cm³/mol. The maximum atomic E-state index is 5.64. The molecule has 2 N–H and O–H groups in total. The lowest BCUT2D eigenvalue weighted by atomic mass is 10.1. The van der Waals surface area contributed by atoms with Crippen LogP contribution in [0.15, 0.2) is 18.3 Å². The molecule has 2 rings (SSSR count). The van der Waals surface area contributed by atoms with Gasteiger partial charge in [0.15, 0.2) is 11.5 Å². The summed E-state index contributed by atoms with van der Waals surface area (Å²) in [6, 6.07) is 4.53. The van der Waals surface area contributed by atoms with Gasteiger partial charge >= 0.3 is 0 Å². The van der Waals surface area contributed by atoms with E-state index in [1.165, 1.54) is 16.5 Å². The predicted octanol–water partition coefficient (Wildman–Crippen LogP) is 3.13. The number of rotatable bonds is 6. The molecule has 0 saturated carbocycles. The van der Waals surface area contributed by atoms with Crippen molar-refractivity contribution in [2.75, 3.05) is 20.8 Å². The normalized spacial score (nSPS) is 11.3. The van der Waals surface area contributed by atoms with E-state index in [1.807, 2.05) is 0 Å². The minimum absolute atomic E-state index is 0.405. The van der Waals surface area contributed by atoms with Gasteiger partial charge in [-0.2, -0.15) is 0 Å². The first kappa shape index (κ1) is 14.7. The van der Waals surface area contributed by atoms with Crippen molar-refractivity contribution in [1.29, 1.82) is 0 Å². The smallest absolute Gasteiger partial charge is 0.162 e. The fourth-order valence-electron chi connectivity index (χ4n) is 2.57. The van der Waals surface area contributed by atoms with Crippen LogP contribution in [0.4, 0.5) is 0 Å². The van der Waals surface area contributed by atoms with E-state index >= 15 is 0 Å². The number of aryl methyl sites for hydroxylation is 1. The minimum Gasteiger partial charge on any atom is -0.493 e. The van der Waals surface area contributed by atoms with Crippen LogP contribution in [-0.4, -0.2) is 25.3 Å². The zero-order valence-electron chi connectivity index (χ0n) is 12.8. The highest BCUT2D eigenvalue weighted by Gasteiger charge is 2.14. The van der Waals surface area contributed by atoms with Gasteiger partial charge in [-0.1, -0.05) is 0 Å². The molecule has 2 aromatic rings. The quantitative estimate of drug-likeness (QED) is 0.882. The number of methoxy groups -OCH3 is 2. The first-order valence-electron chi connectivity index (χ1n) is 7.07. The standard InChI is InChI=1S/C16H24N2O2/c1-11(2)18-10-12(6-5-7-17)13-8-15(19-3)16(20-4)9-14(13)18/h8-11H,5-7,17H2,1-4H3. The average molecular weight is 276 g/mol. The Kier molecular flexibility index (Phi) is 4.55. The van der Waals surface area contributed by atoms with Gasteiger partial charge in [0.1, 0.15) is 0 Å². The van der Waals surface area contributed by atoms with Gasteiger partial charge in [0, 0.05) is 23.7 Å². The largest absolute Gasteiger partial charge is 0.493 e. The Bertz CT molecular complexity index is 588. The average Bonchev–Trinajstić information content (AvgIpc) is 2.81. The van der Waals surface area contributed by atoms with Crippen molar-refractivity contribution in [2.45, 2.75) is 32.7 Å². The molecule has 0 aliphatic rings. The molecule has 0 aliphatic heterocycles. The summed E-state index contributed by atoms with van der Waals surface area (Å²) in [5, 5.41) is 1.23. The van der Waals surface area contributed by atoms with E-state index in [1.54, 1.807) is 14.2 Å². The molecule has 1 aromatic carbocycles. The molecule has 20 heavy (non-hydrogen) atoms. The molecule has 4 heteroatoms. The van der Waals surface area contributed by atoms with Crippen molar-refractivity contribution in [2.24, 2.45) is 5.73 Å². The molecule has 0 aliphatic carbocycles. The molecule has 4 nitrogen and oxygen atoms in total. The summed E-state index contributed by atoms with van der Waals surface area (Å²) >= 11 is 0. The molecule has 0 radical (unpaired) electrons. The second kappa shape index (κ2) is 6.18. The van der Waals surface area contributed by atoms with Crippen LogP contribution < -0.4 is 15.2 Å². The van der Waals surface area contributed by atoms with Gasteiger partial charge < -0.3 is 19.8 Å². The Morgan fingerprint density at radius 3 is 2.35 bits per heavy atom. The molecule has 110 valence electrons. The first-order valence-corrected chi connectivity index (χ1v) is 7.07. The molecule has 0 bridgehead atoms. The van der Waals surface area contributed by atoms with Crippen molar-refractivity contribution in [3.8, 4) is 11.5 Å². The van der Waals surface area contributed by atoms with Crippen molar-refractivity contribution < 1.29 is 9.47 Å². The third-order valence-electron chi connectivity index (χ3n) is 3.63. The second-order valence-corrected chi connectivity index (χ2v) is 5.27. The molecule has 0 unspecified atom stereocenters. The van der Waals surface area contributed by atoms with Crippen LogP contribution in [-0.2, 0) is 6.42 Å². The monoisotopic (exact) mass is 276 g/mol. The number of hydrogen-bond acceptors (Lipinski definition) is 3. The summed E-state index contributed by atoms with van der Waals surface area (Å²) in [6.45, 7) is 5.08. The van der Waals surface area contributed by atoms with Crippen molar-refractivity contribution in [3.05, 3.63) is 23.9 Å². The zero-order valence-corrected chi connectivity index (χ0v) is 12.8. The van der Waals surface area contributed by atoms with E-state index in [4.69, 9.17) is 15.2 Å². The molecule has 0 amide bonds. The van der Waals surface area contributed by atoms with Gasteiger partial charge in [-0.3, -0.25) is 0 Å². The van der Waals surface area contributed by atoms with Crippen LogP contribution in [0.25, 0.3) is 10.9 Å². The lowest BCUT2D eigenvalue weighted by Gasteiger charge is -2.12. The number of aromatic nitrogens is 1. The number of benzene rings is 1. The van der Waals surface area contributed by atoms with Crippen molar-refractivity contribution in [3.63, 3.8) is 0 Å². The van der Waals surface area contributed by atoms with Crippen molar-refractivity contribution >= 4 is 10.9 Å². The lowest BCUT2D eigenvalue weighted by molar-refractivity contribution is 0.355. The highest BCUT2D eigenvalue weighted by molar-refractivity contribution is 5.87. The van der Waals surface area contributed by atoms with Crippen LogP contribution in [0, 0.1) is 0 Å². The SMILES string of the molecule is COc1cc2c(CCCN)cn(C(C)C)c2cc1OC. The van der Waals surface area contributed by atoms with E-state index < -0.39 is 0 Å². The van der Waals surface area contributed by atoms with Gasteiger partial charge in [0.25, 0.3) is 0 Å². The molecule has 0 saturated heterocycles. The number of hydrogen-bond donors (Lipinski definition) is 1. The first-order chi connectivity index (χ1) is 9.62. The molecular formula is C16H24N2O2. The summed E-state index contributed by atoms with van der Waals surface area (Å²) in [7, 11) is 3.34. The summed E-state index contributed by atoms with van der Waals surface area (Å²) in [6.07, 6.45) is 4.21. The van der Waals surface area contributed by atoms with Gasteiger partial charge in [0.2, 0.25) is 0 Å². The molecule has 0 atom stereocenters. The number of fused-ring (bicyclic) bond motifs is 1. The number of nitrogens with two attached hydrogens (primary N) is 1. The fraction of sp³-hybridized carbons (Fsp3) is 0.500. The summed E-state index contributed by atoms with van der Waals surface area (Å²) in [5.41, 5.74) is 8.14. The Hall–Kier alpha value is -1.68. The summed E-state index contributed by atoms with van der Waals surface area (Å²) in [5.74, 6) is 1.54. The van der Waals surface area contributed by atoms with Crippen LogP contribution in [0.3, 0.4) is 0 Å². The Labute approximate surface area is 120 Å². The van der Waals surface area contributed by atoms with E-state index in [9.17, 15) is 0 Å². The summed E-state index contributed by atoms with van der Waals surface area (Å²) in [4.78, 5) is 0. The van der Waals surface area contributed by atoms with Gasteiger partial charge in [-0.25, -0.2) is 0 Å². The molecule has 1 aromatic heterocycles. The minimum atomic E-state index is 0.405. The number of nitrogens with zero attached hydrogens (tertiary/aromatic N) is 1. The van der Waals surface area contributed by atoms with E-state index in [2.05, 4.69) is 36.7 Å². The Morgan fingerprint density at radius 1 is 1.15 bits per heavy atom. The topological polar surface area (TPSA) is 49.4 Å². The van der Waals surface area contributed by atoms with Crippen LogP contribution in [0.2, 0.25) is 0 Å².